The number of rotatable bonds is 15. The summed E-state index contributed by atoms with van der Waals surface area (Å²) in [5.41, 5.74) is 14.5. The topological polar surface area (TPSA) is 13.0 Å². The average molecular weight is 687 g/mol. The molecule has 52 heavy (non-hydrogen) atoms. The van der Waals surface area contributed by atoms with Gasteiger partial charge in [0.05, 0.1) is 0 Å². The molecule has 6 rings (SSSR count). The minimum atomic E-state index is 1.01. The smallest absolute Gasteiger partial charge is 0.0462 e. The second kappa shape index (κ2) is 17.2. The van der Waals surface area contributed by atoms with E-state index in [2.05, 4.69) is 207 Å². The number of anilines is 6. The lowest BCUT2D eigenvalue weighted by atomic mass is 10.0. The van der Waals surface area contributed by atoms with Gasteiger partial charge >= 0.3 is 0 Å². The van der Waals surface area contributed by atoms with Crippen LogP contribution in [0.4, 0.5) is 34.1 Å². The van der Waals surface area contributed by atoms with Gasteiger partial charge in [0.2, 0.25) is 0 Å². The largest absolute Gasteiger partial charge is 0.372 e. The first-order valence-electron chi connectivity index (χ1n) is 19.2. The van der Waals surface area contributed by atoms with Crippen LogP contribution in [0.2, 0.25) is 0 Å². The van der Waals surface area contributed by atoms with Crippen LogP contribution in [-0.2, 0) is 0 Å². The zero-order valence-electron chi connectivity index (χ0n) is 31.9. The molecule has 0 saturated heterocycles. The third kappa shape index (κ3) is 8.02. The Bertz CT molecular complexity index is 1720. The quantitative estimate of drug-likeness (QED) is 0.107. The van der Waals surface area contributed by atoms with Gasteiger partial charge in [-0.2, -0.15) is 0 Å². The molecule has 0 spiro atoms. The van der Waals surface area contributed by atoms with Crippen molar-refractivity contribution in [3.05, 3.63) is 146 Å². The molecule has 0 aromatic heterocycles. The first kappa shape index (κ1) is 36.3. The maximum absolute atomic E-state index is 2.38. The van der Waals surface area contributed by atoms with Crippen LogP contribution in [0, 0.1) is 0 Å². The molecule has 0 amide bonds. The van der Waals surface area contributed by atoms with Crippen LogP contribution < -0.4 is 19.6 Å². The molecule has 0 unspecified atom stereocenters. The summed E-state index contributed by atoms with van der Waals surface area (Å²) in [5, 5.41) is 0. The number of nitrogens with zero attached hydrogens (tertiary/aromatic N) is 4. The van der Waals surface area contributed by atoms with Gasteiger partial charge in [-0.1, -0.05) is 72.8 Å². The molecular formula is C48H54N4. The van der Waals surface area contributed by atoms with Crippen LogP contribution in [-0.4, -0.2) is 39.3 Å². The lowest BCUT2D eigenvalue weighted by Crippen LogP contribution is -2.21. The van der Waals surface area contributed by atoms with Crippen molar-refractivity contribution in [3.8, 4) is 33.4 Å². The molecule has 4 heteroatoms. The van der Waals surface area contributed by atoms with Gasteiger partial charge in [-0.15, -0.1) is 0 Å². The Balaban J connectivity index is 1.31. The van der Waals surface area contributed by atoms with Gasteiger partial charge in [0.15, 0.2) is 0 Å². The average Bonchev–Trinajstić information content (AvgIpc) is 3.21. The molecule has 266 valence electrons. The third-order valence-corrected chi connectivity index (χ3v) is 10.4. The predicted molar refractivity (Wildman–Crippen MR) is 228 cm³/mol. The summed E-state index contributed by atoms with van der Waals surface area (Å²) in [6, 6.07) is 53.8. The van der Waals surface area contributed by atoms with Gasteiger partial charge < -0.3 is 19.6 Å². The van der Waals surface area contributed by atoms with Gasteiger partial charge in [-0.3, -0.25) is 0 Å². The predicted octanol–water partition coefficient (Wildman–Crippen LogP) is 12.7. The molecule has 6 aromatic rings. The van der Waals surface area contributed by atoms with Crippen LogP contribution in [0.5, 0.6) is 0 Å². The van der Waals surface area contributed by atoms with E-state index < -0.39 is 0 Å². The molecule has 0 saturated carbocycles. The summed E-state index contributed by atoms with van der Waals surface area (Å²) >= 11 is 0. The van der Waals surface area contributed by atoms with Crippen molar-refractivity contribution in [2.75, 3.05) is 58.9 Å². The van der Waals surface area contributed by atoms with Crippen LogP contribution in [0.15, 0.2) is 146 Å². The molecule has 6 aromatic carbocycles. The maximum atomic E-state index is 2.38. The number of hydrogen-bond donors (Lipinski definition) is 0. The summed E-state index contributed by atoms with van der Waals surface area (Å²) in [6.45, 7) is 19.3. The van der Waals surface area contributed by atoms with Crippen molar-refractivity contribution >= 4 is 34.1 Å². The van der Waals surface area contributed by atoms with Gasteiger partial charge in [0.1, 0.15) is 0 Å². The summed E-state index contributed by atoms with van der Waals surface area (Å²) in [7, 11) is 0. The number of hydrogen-bond acceptors (Lipinski definition) is 4. The van der Waals surface area contributed by atoms with Crippen LogP contribution in [0.1, 0.15) is 41.5 Å². The summed E-state index contributed by atoms with van der Waals surface area (Å²) in [5.74, 6) is 0. The van der Waals surface area contributed by atoms with Crippen molar-refractivity contribution in [3.63, 3.8) is 0 Å². The van der Waals surface area contributed by atoms with Crippen molar-refractivity contribution in [1.82, 2.24) is 0 Å². The SMILES string of the molecule is CCN(CC)c1ccc(-c2ccc(N(c3ccc(-c4ccc(N(CC)CC)cc4)cc3)c3ccc(-c4ccc(N(CC)CC)cc4)cc3)cc2)cc1. The first-order chi connectivity index (χ1) is 25.5. The molecule has 0 aliphatic carbocycles. The highest BCUT2D eigenvalue weighted by Crippen LogP contribution is 2.38. The van der Waals surface area contributed by atoms with Crippen molar-refractivity contribution in [2.24, 2.45) is 0 Å². The van der Waals surface area contributed by atoms with E-state index in [0.29, 0.717) is 0 Å². The zero-order chi connectivity index (χ0) is 36.5. The summed E-state index contributed by atoms with van der Waals surface area (Å²) < 4.78 is 0. The van der Waals surface area contributed by atoms with E-state index in [9.17, 15) is 0 Å². The minimum Gasteiger partial charge on any atom is -0.372 e. The molecular weight excluding hydrogens is 633 g/mol. The monoisotopic (exact) mass is 686 g/mol. The van der Waals surface area contributed by atoms with E-state index in [0.717, 1.165) is 56.3 Å². The van der Waals surface area contributed by atoms with Gasteiger partial charge in [-0.25, -0.2) is 0 Å². The molecule has 4 nitrogen and oxygen atoms in total. The Morgan fingerprint density at radius 2 is 0.385 bits per heavy atom. The van der Waals surface area contributed by atoms with Crippen LogP contribution in [0.25, 0.3) is 33.4 Å². The van der Waals surface area contributed by atoms with Gasteiger partial charge in [0, 0.05) is 73.4 Å². The lowest BCUT2D eigenvalue weighted by molar-refractivity contribution is 0.866. The Labute approximate surface area is 312 Å². The third-order valence-electron chi connectivity index (χ3n) is 10.4. The summed E-state index contributed by atoms with van der Waals surface area (Å²) in [4.78, 5) is 9.49. The fraction of sp³-hybridized carbons (Fsp3) is 0.250. The molecule has 0 N–H and O–H groups in total. The van der Waals surface area contributed by atoms with E-state index >= 15 is 0 Å². The standard InChI is InChI=1S/C48H54N4/c1-7-49(8-2)43-25-13-37(14-26-43)40-19-31-46(32-20-40)52(47-33-21-41(22-34-47)38-15-27-44(28-16-38)50(9-3)10-4)48-35-23-42(24-36-48)39-17-29-45(30-18-39)51(11-5)12-6/h13-36H,7-12H2,1-6H3. The van der Waals surface area contributed by atoms with E-state index in [-0.39, 0.29) is 0 Å². The van der Waals surface area contributed by atoms with E-state index in [4.69, 9.17) is 0 Å². The minimum absolute atomic E-state index is 1.01. The van der Waals surface area contributed by atoms with E-state index in [1.165, 1.54) is 50.4 Å². The zero-order valence-corrected chi connectivity index (χ0v) is 31.9. The van der Waals surface area contributed by atoms with E-state index in [1.807, 2.05) is 0 Å². The Morgan fingerprint density at radius 3 is 0.538 bits per heavy atom. The van der Waals surface area contributed by atoms with Crippen molar-refractivity contribution in [2.45, 2.75) is 41.5 Å². The van der Waals surface area contributed by atoms with Crippen molar-refractivity contribution in [1.29, 1.82) is 0 Å². The first-order valence-corrected chi connectivity index (χ1v) is 19.2. The normalized spacial score (nSPS) is 11.0. The van der Waals surface area contributed by atoms with Crippen molar-refractivity contribution < 1.29 is 0 Å². The lowest BCUT2D eigenvalue weighted by Gasteiger charge is -2.26. The maximum Gasteiger partial charge on any atom is 0.0462 e. The Kier molecular flexibility index (Phi) is 12.0. The molecule has 0 aliphatic heterocycles. The molecule has 0 fully saturated rings. The number of benzene rings is 6. The van der Waals surface area contributed by atoms with Crippen LogP contribution >= 0.6 is 0 Å². The highest BCUT2D eigenvalue weighted by Gasteiger charge is 2.15. The molecule has 0 aliphatic rings. The molecule has 0 heterocycles. The fourth-order valence-corrected chi connectivity index (χ4v) is 7.22. The molecule has 0 radical (unpaired) electrons. The highest BCUT2D eigenvalue weighted by molar-refractivity contribution is 5.81. The highest BCUT2D eigenvalue weighted by atomic mass is 15.1. The Morgan fingerprint density at radius 1 is 0.231 bits per heavy atom. The summed E-state index contributed by atoms with van der Waals surface area (Å²) in [6.07, 6.45) is 0. The molecule has 0 atom stereocenters. The molecule has 0 bridgehead atoms. The fourth-order valence-electron chi connectivity index (χ4n) is 7.22. The van der Waals surface area contributed by atoms with Gasteiger partial charge in [-0.05, 0) is 148 Å². The van der Waals surface area contributed by atoms with E-state index in [1.54, 1.807) is 0 Å². The second-order valence-electron chi connectivity index (χ2n) is 13.1. The van der Waals surface area contributed by atoms with Gasteiger partial charge in [0.25, 0.3) is 0 Å². The van der Waals surface area contributed by atoms with Crippen LogP contribution in [0.3, 0.4) is 0 Å². The second-order valence-corrected chi connectivity index (χ2v) is 13.1. The Hall–Kier alpha value is -5.48.